The summed E-state index contributed by atoms with van der Waals surface area (Å²) in [6.45, 7) is 0. The molecule has 0 fully saturated rings. The number of nitrogens with two attached hydrogens (primary N) is 1. The number of H-pyrrole nitrogens is 1. The number of nitrogens with one attached hydrogen (secondary N) is 1. The smallest absolute Gasteiger partial charge is 0.215 e. The number of fused-ring (bicyclic) bond motifs is 1. The summed E-state index contributed by atoms with van der Waals surface area (Å²) in [4.78, 5) is 13.0. The van der Waals surface area contributed by atoms with Crippen LogP contribution in [0.15, 0.2) is 34.8 Å². The van der Waals surface area contributed by atoms with Crippen molar-refractivity contribution in [3.05, 3.63) is 35.5 Å². The number of imidazole rings is 1. The summed E-state index contributed by atoms with van der Waals surface area (Å²) in [5.74, 6) is 8.65. The Bertz CT molecular complexity index is 977. The van der Waals surface area contributed by atoms with Crippen molar-refractivity contribution in [2.45, 2.75) is 10.9 Å². The average molecular weight is 359 g/mol. The topological polar surface area (TPSA) is 108 Å². The maximum absolute atomic E-state index is 6.09. The van der Waals surface area contributed by atoms with E-state index in [0.29, 0.717) is 28.3 Å². The van der Waals surface area contributed by atoms with Crippen molar-refractivity contribution in [2.75, 3.05) is 13.0 Å². The van der Waals surface area contributed by atoms with Crippen LogP contribution in [0.3, 0.4) is 0 Å². The van der Waals surface area contributed by atoms with Gasteiger partial charge in [-0.25, -0.2) is 9.66 Å². The Hall–Kier alpha value is -2.59. The molecule has 122 valence electrons. The zero-order valence-electron chi connectivity index (χ0n) is 12.6. The number of nitrogen functional groups attached to an aromatic ring is 1. The molecule has 4 aromatic rings. The molecule has 0 unspecified atom stereocenters. The van der Waals surface area contributed by atoms with Gasteiger partial charge in [0.05, 0.1) is 23.3 Å². The van der Waals surface area contributed by atoms with E-state index in [9.17, 15) is 0 Å². The van der Waals surface area contributed by atoms with E-state index in [1.165, 1.54) is 16.4 Å². The van der Waals surface area contributed by atoms with Crippen LogP contribution in [0.2, 0.25) is 0 Å². The van der Waals surface area contributed by atoms with Gasteiger partial charge in [-0.3, -0.25) is 0 Å². The van der Waals surface area contributed by atoms with E-state index in [-0.39, 0.29) is 0 Å². The molecule has 3 N–H and O–H groups in total. The summed E-state index contributed by atoms with van der Waals surface area (Å²) < 4.78 is 6.61. The molecule has 0 bridgehead atoms. The number of methoxy groups -OCH3 is 1. The van der Waals surface area contributed by atoms with Crippen LogP contribution in [0.4, 0.5) is 0 Å². The molecule has 0 radical (unpaired) electrons. The molecule has 4 aromatic heterocycles. The van der Waals surface area contributed by atoms with Gasteiger partial charge in [0.25, 0.3) is 0 Å². The second-order valence-corrected chi connectivity index (χ2v) is 6.74. The molecular weight excluding hydrogens is 346 g/mol. The minimum absolute atomic E-state index is 0.537. The molecule has 0 atom stereocenters. The fraction of sp³-hybridized carbons (Fsp3) is 0.143. The minimum Gasteiger partial charge on any atom is -0.481 e. The van der Waals surface area contributed by atoms with E-state index in [0.717, 1.165) is 16.2 Å². The second kappa shape index (κ2) is 6.13. The fourth-order valence-corrected chi connectivity index (χ4v) is 3.62. The third-order valence-electron chi connectivity index (χ3n) is 3.32. The first-order valence-corrected chi connectivity index (χ1v) is 8.88. The van der Waals surface area contributed by atoms with Crippen LogP contribution in [-0.2, 0) is 5.75 Å². The second-order valence-electron chi connectivity index (χ2n) is 4.85. The average Bonchev–Trinajstić information content (AvgIpc) is 3.31. The van der Waals surface area contributed by atoms with Crippen LogP contribution in [0.5, 0.6) is 5.88 Å². The Kier molecular flexibility index (Phi) is 3.82. The summed E-state index contributed by atoms with van der Waals surface area (Å²) in [6.07, 6.45) is 0. The van der Waals surface area contributed by atoms with Crippen molar-refractivity contribution >= 4 is 34.3 Å². The lowest BCUT2D eigenvalue weighted by molar-refractivity contribution is 0.399. The summed E-state index contributed by atoms with van der Waals surface area (Å²) in [5.41, 5.74) is 1.48. The summed E-state index contributed by atoms with van der Waals surface area (Å²) >= 11 is 3.03. The first-order chi connectivity index (χ1) is 11.7. The third-order valence-corrected chi connectivity index (χ3v) is 5.14. The number of rotatable bonds is 5. The van der Waals surface area contributed by atoms with E-state index in [4.69, 9.17) is 10.6 Å². The van der Waals surface area contributed by atoms with Crippen LogP contribution in [0, 0.1) is 0 Å². The first kappa shape index (κ1) is 15.0. The van der Waals surface area contributed by atoms with Crippen LogP contribution in [0.1, 0.15) is 5.82 Å². The Morgan fingerprint density at radius 3 is 3.00 bits per heavy atom. The Labute approximate surface area is 145 Å². The van der Waals surface area contributed by atoms with Crippen LogP contribution in [0.25, 0.3) is 21.9 Å². The Morgan fingerprint density at radius 2 is 2.21 bits per heavy atom. The van der Waals surface area contributed by atoms with Gasteiger partial charge in [-0.2, -0.15) is 4.98 Å². The van der Waals surface area contributed by atoms with E-state index < -0.39 is 0 Å². The number of nitrogens with zero attached hydrogens (tertiary/aromatic N) is 5. The zero-order chi connectivity index (χ0) is 16.5. The quantitative estimate of drug-likeness (QED) is 0.416. The van der Waals surface area contributed by atoms with Crippen molar-refractivity contribution in [3.8, 4) is 16.6 Å². The maximum atomic E-state index is 6.09. The molecular formula is C14H13N7OS2. The molecule has 0 aliphatic carbocycles. The highest BCUT2D eigenvalue weighted by Gasteiger charge is 2.14. The highest BCUT2D eigenvalue weighted by atomic mass is 32.2. The summed E-state index contributed by atoms with van der Waals surface area (Å²) in [5, 5.41) is 10.9. The number of aromatic amines is 1. The first-order valence-electron chi connectivity index (χ1n) is 7.01. The van der Waals surface area contributed by atoms with Gasteiger partial charge in [-0.15, -0.1) is 21.5 Å². The third kappa shape index (κ3) is 2.69. The largest absolute Gasteiger partial charge is 0.481 e. The van der Waals surface area contributed by atoms with Crippen molar-refractivity contribution in [2.24, 2.45) is 0 Å². The molecule has 4 heterocycles. The lowest BCUT2D eigenvalue weighted by Gasteiger charge is -2.00. The van der Waals surface area contributed by atoms with Gasteiger partial charge in [0, 0.05) is 6.07 Å². The van der Waals surface area contributed by atoms with E-state index in [1.807, 2.05) is 23.6 Å². The summed E-state index contributed by atoms with van der Waals surface area (Å²) in [6, 6.07) is 7.60. The number of hydrogen-bond donors (Lipinski definition) is 2. The number of pyridine rings is 1. The lowest BCUT2D eigenvalue weighted by Crippen LogP contribution is -2.11. The van der Waals surface area contributed by atoms with Gasteiger partial charge < -0.3 is 15.6 Å². The number of aromatic nitrogens is 6. The van der Waals surface area contributed by atoms with E-state index >= 15 is 0 Å². The molecule has 8 nitrogen and oxygen atoms in total. The zero-order valence-corrected chi connectivity index (χ0v) is 14.3. The van der Waals surface area contributed by atoms with Crippen LogP contribution < -0.4 is 10.6 Å². The van der Waals surface area contributed by atoms with Gasteiger partial charge in [0.15, 0.2) is 11.5 Å². The highest BCUT2D eigenvalue weighted by Crippen LogP contribution is 2.26. The summed E-state index contributed by atoms with van der Waals surface area (Å²) in [7, 11) is 1.58. The molecule has 10 heteroatoms. The molecule has 0 aromatic carbocycles. The maximum Gasteiger partial charge on any atom is 0.215 e. The molecule has 0 aliphatic rings. The molecule has 0 saturated carbocycles. The molecule has 0 saturated heterocycles. The van der Waals surface area contributed by atoms with Gasteiger partial charge in [-0.05, 0) is 17.5 Å². The predicted octanol–water partition coefficient (Wildman–Crippen LogP) is 2.29. The van der Waals surface area contributed by atoms with Gasteiger partial charge in [-0.1, -0.05) is 17.8 Å². The van der Waals surface area contributed by atoms with Gasteiger partial charge >= 0.3 is 0 Å². The van der Waals surface area contributed by atoms with Gasteiger partial charge in [0.1, 0.15) is 5.82 Å². The molecule has 0 spiro atoms. The predicted molar refractivity (Wildman–Crippen MR) is 93.5 cm³/mol. The molecule has 0 amide bonds. The number of thiophene rings is 1. The minimum atomic E-state index is 0.537. The van der Waals surface area contributed by atoms with Crippen LogP contribution in [-0.4, -0.2) is 36.9 Å². The Morgan fingerprint density at radius 1 is 1.29 bits per heavy atom. The fourth-order valence-electron chi connectivity index (χ4n) is 2.19. The highest BCUT2D eigenvalue weighted by molar-refractivity contribution is 7.98. The van der Waals surface area contributed by atoms with Crippen molar-refractivity contribution in [1.29, 1.82) is 0 Å². The van der Waals surface area contributed by atoms with Gasteiger partial charge in [0.2, 0.25) is 11.0 Å². The standard InChI is InChI=1S/C14H13N7OS2/c1-22-11-5-4-8-12(18-11)17-10(16-8)7-24-14-20-19-13(21(14)15)9-3-2-6-23-9/h2-6H,7,15H2,1H3,(H,16,17,18). The van der Waals surface area contributed by atoms with E-state index in [1.54, 1.807) is 24.5 Å². The molecule has 0 aliphatic heterocycles. The van der Waals surface area contributed by atoms with Crippen molar-refractivity contribution in [1.82, 2.24) is 29.8 Å². The van der Waals surface area contributed by atoms with Crippen LogP contribution >= 0.6 is 23.1 Å². The lowest BCUT2D eigenvalue weighted by atomic mass is 10.4. The SMILES string of the molecule is COc1ccc2[nH]c(CSc3nnc(-c4cccs4)n3N)nc2n1. The Balaban J connectivity index is 1.53. The molecule has 4 rings (SSSR count). The number of ether oxygens (including phenoxy) is 1. The monoisotopic (exact) mass is 359 g/mol. The normalized spacial score (nSPS) is 11.2. The molecule has 24 heavy (non-hydrogen) atoms. The van der Waals surface area contributed by atoms with Crippen molar-refractivity contribution in [3.63, 3.8) is 0 Å². The van der Waals surface area contributed by atoms with Crippen molar-refractivity contribution < 1.29 is 4.74 Å². The number of hydrogen-bond acceptors (Lipinski definition) is 8. The van der Waals surface area contributed by atoms with E-state index in [2.05, 4.69) is 25.1 Å². The number of thioether (sulfide) groups is 1.